The predicted molar refractivity (Wildman–Crippen MR) is 144 cm³/mol. The molecule has 0 amide bonds. The maximum atomic E-state index is 4.65. The van der Waals surface area contributed by atoms with Gasteiger partial charge >= 0.3 is 0 Å². The third-order valence-electron chi connectivity index (χ3n) is 5.89. The van der Waals surface area contributed by atoms with Gasteiger partial charge in [0.05, 0.1) is 11.2 Å². The first-order chi connectivity index (χ1) is 17.3. The fourth-order valence-electron chi connectivity index (χ4n) is 4.12. The molecule has 0 saturated carbocycles. The number of hydrogen-bond acceptors (Lipinski definition) is 4. The van der Waals surface area contributed by atoms with E-state index in [9.17, 15) is 0 Å². The molecule has 0 aliphatic heterocycles. The number of hydrogen-bond donors (Lipinski definition) is 1. The quantitative estimate of drug-likeness (QED) is 0.0967. The Morgan fingerprint density at radius 3 is 2.17 bits per heavy atom. The molecule has 0 radical (unpaired) electrons. The van der Waals surface area contributed by atoms with Crippen LogP contribution >= 0.6 is 0 Å². The molecule has 5 heteroatoms. The molecule has 0 saturated heterocycles. The minimum atomic E-state index is 0.471. The minimum Gasteiger partial charge on any atom is -0.276 e. The molecule has 1 heterocycles. The summed E-state index contributed by atoms with van der Waals surface area (Å²) in [5.74, 6) is 1.00. The van der Waals surface area contributed by atoms with Gasteiger partial charge in [-0.15, -0.1) is 10.2 Å². The molecule has 5 nitrogen and oxygen atoms in total. The Bertz CT molecular complexity index is 1720. The smallest absolute Gasteiger partial charge is 0.201 e. The topological polar surface area (TPSA) is 62.0 Å². The van der Waals surface area contributed by atoms with Crippen molar-refractivity contribution in [1.82, 2.24) is 4.98 Å². The van der Waals surface area contributed by atoms with Crippen LogP contribution in [0.25, 0.3) is 32.4 Å². The first kappa shape index (κ1) is 20.7. The minimum absolute atomic E-state index is 0.471. The molecule has 0 atom stereocenters. The lowest BCUT2D eigenvalue weighted by molar-refractivity contribution is 1.18. The van der Waals surface area contributed by atoms with Crippen LogP contribution in [0.1, 0.15) is 5.56 Å². The van der Waals surface area contributed by atoms with Crippen LogP contribution in [0.4, 0.5) is 11.5 Å². The molecule has 0 fully saturated rings. The van der Waals surface area contributed by atoms with Gasteiger partial charge in [-0.25, -0.2) is 4.98 Å². The van der Waals surface area contributed by atoms with Gasteiger partial charge in [0.2, 0.25) is 5.84 Å². The summed E-state index contributed by atoms with van der Waals surface area (Å²) in [6.07, 6.45) is 0. The monoisotopic (exact) mass is 451 g/mol. The second-order valence-electron chi connectivity index (χ2n) is 8.20. The van der Waals surface area contributed by atoms with Crippen molar-refractivity contribution in [2.75, 3.05) is 5.43 Å². The van der Waals surface area contributed by atoms with E-state index in [1.165, 1.54) is 10.8 Å². The molecular weight excluding hydrogens is 430 g/mol. The van der Waals surface area contributed by atoms with Gasteiger partial charge in [-0.2, -0.15) is 5.10 Å². The van der Waals surface area contributed by atoms with Gasteiger partial charge in [0, 0.05) is 16.3 Å². The van der Waals surface area contributed by atoms with E-state index in [4.69, 9.17) is 0 Å². The Morgan fingerprint density at radius 1 is 0.600 bits per heavy atom. The highest BCUT2D eigenvalue weighted by Gasteiger charge is 2.06. The van der Waals surface area contributed by atoms with Crippen LogP contribution in [-0.4, -0.2) is 10.8 Å². The van der Waals surface area contributed by atoms with Crippen LogP contribution in [-0.2, 0) is 0 Å². The third kappa shape index (κ3) is 4.35. The van der Waals surface area contributed by atoms with Gasteiger partial charge in [0.15, 0.2) is 5.82 Å². The van der Waals surface area contributed by atoms with Crippen LogP contribution in [0.3, 0.4) is 0 Å². The van der Waals surface area contributed by atoms with E-state index in [1.807, 2.05) is 78.9 Å². The molecule has 1 aromatic heterocycles. The van der Waals surface area contributed by atoms with Gasteiger partial charge in [0.1, 0.15) is 0 Å². The average molecular weight is 452 g/mol. The molecule has 0 bridgehead atoms. The highest BCUT2D eigenvalue weighted by atomic mass is 15.3. The number of para-hydroxylation sites is 1. The summed E-state index contributed by atoms with van der Waals surface area (Å²) in [5.41, 5.74) is 5.87. The van der Waals surface area contributed by atoms with Crippen molar-refractivity contribution in [2.45, 2.75) is 0 Å². The van der Waals surface area contributed by atoms with Gasteiger partial charge in [0.25, 0.3) is 0 Å². The van der Waals surface area contributed by atoms with E-state index >= 15 is 0 Å². The number of azo groups is 1. The third-order valence-corrected chi connectivity index (χ3v) is 5.89. The summed E-state index contributed by atoms with van der Waals surface area (Å²) in [6, 6.07) is 40.5. The van der Waals surface area contributed by atoms with Crippen molar-refractivity contribution in [3.05, 3.63) is 127 Å². The van der Waals surface area contributed by atoms with Crippen LogP contribution < -0.4 is 5.43 Å². The zero-order chi connectivity index (χ0) is 23.5. The summed E-state index contributed by atoms with van der Waals surface area (Å²) in [6.45, 7) is 0. The largest absolute Gasteiger partial charge is 0.276 e. The molecule has 166 valence electrons. The van der Waals surface area contributed by atoms with Crippen LogP contribution in [0, 0.1) is 0 Å². The number of aromatic nitrogens is 1. The average Bonchev–Trinajstić information content (AvgIpc) is 2.92. The Kier molecular flexibility index (Phi) is 5.41. The van der Waals surface area contributed by atoms with Crippen molar-refractivity contribution in [3.8, 4) is 0 Å². The highest BCUT2D eigenvalue weighted by molar-refractivity contribution is 6.04. The number of pyridine rings is 1. The van der Waals surface area contributed by atoms with E-state index in [2.05, 4.69) is 68.2 Å². The molecule has 0 spiro atoms. The second-order valence-corrected chi connectivity index (χ2v) is 8.20. The van der Waals surface area contributed by atoms with E-state index in [0.717, 1.165) is 32.9 Å². The maximum absolute atomic E-state index is 4.65. The lowest BCUT2D eigenvalue weighted by Gasteiger charge is -2.09. The fourth-order valence-corrected chi connectivity index (χ4v) is 4.12. The Hall–Kier alpha value is -4.90. The lowest BCUT2D eigenvalue weighted by atomic mass is 10.0. The van der Waals surface area contributed by atoms with Crippen molar-refractivity contribution >= 4 is 49.8 Å². The molecule has 0 unspecified atom stereocenters. The molecule has 5 aromatic carbocycles. The standard InChI is InChI=1S/C30H21N5/c1-2-10-22(11-3-1)30(35-33-29-18-17-21-9-6-7-15-27(21)31-29)34-32-28-16-8-14-25-19-23-12-4-5-13-24(23)20-26(25)28/h1-20,32H/b34-30+,35-33?. The first-order valence-electron chi connectivity index (χ1n) is 11.4. The van der Waals surface area contributed by atoms with Crippen LogP contribution in [0.15, 0.2) is 137 Å². The highest BCUT2D eigenvalue weighted by Crippen LogP contribution is 2.28. The van der Waals surface area contributed by atoms with Crippen molar-refractivity contribution in [3.63, 3.8) is 0 Å². The van der Waals surface area contributed by atoms with Crippen molar-refractivity contribution in [2.24, 2.45) is 15.3 Å². The number of amidine groups is 1. The van der Waals surface area contributed by atoms with E-state index in [0.29, 0.717) is 11.7 Å². The Labute approximate surface area is 202 Å². The summed E-state index contributed by atoms with van der Waals surface area (Å²) in [4.78, 5) is 4.59. The van der Waals surface area contributed by atoms with Crippen LogP contribution in [0.5, 0.6) is 0 Å². The molecule has 6 aromatic rings. The van der Waals surface area contributed by atoms with Gasteiger partial charge in [-0.3, -0.25) is 5.43 Å². The molecule has 0 aliphatic carbocycles. The molecule has 1 N–H and O–H groups in total. The number of hydrazone groups is 1. The molecule has 0 aliphatic rings. The second kappa shape index (κ2) is 9.15. The Balaban J connectivity index is 1.38. The number of nitrogens with zero attached hydrogens (tertiary/aromatic N) is 4. The van der Waals surface area contributed by atoms with Gasteiger partial charge < -0.3 is 0 Å². The summed E-state index contributed by atoms with van der Waals surface area (Å²) in [5, 5.41) is 19.2. The molecule has 35 heavy (non-hydrogen) atoms. The fraction of sp³-hybridized carbons (Fsp3) is 0. The summed E-state index contributed by atoms with van der Waals surface area (Å²) in [7, 11) is 0. The number of fused-ring (bicyclic) bond motifs is 3. The molecular formula is C30H21N5. The maximum Gasteiger partial charge on any atom is 0.201 e. The predicted octanol–water partition coefficient (Wildman–Crippen LogP) is 8.10. The van der Waals surface area contributed by atoms with E-state index < -0.39 is 0 Å². The number of nitrogens with one attached hydrogen (secondary N) is 1. The van der Waals surface area contributed by atoms with E-state index in [1.54, 1.807) is 0 Å². The number of benzene rings is 5. The van der Waals surface area contributed by atoms with Gasteiger partial charge in [-0.1, -0.05) is 84.9 Å². The Morgan fingerprint density at radius 2 is 1.31 bits per heavy atom. The SMILES string of the molecule is c1ccc(/C(N=Nc2ccc3ccccc3n2)=N\Nc2cccc3cc4ccccc4cc23)cc1. The first-order valence-corrected chi connectivity index (χ1v) is 11.4. The van der Waals surface area contributed by atoms with E-state index in [-0.39, 0.29) is 0 Å². The van der Waals surface area contributed by atoms with Crippen molar-refractivity contribution in [1.29, 1.82) is 0 Å². The zero-order valence-corrected chi connectivity index (χ0v) is 18.8. The summed E-state index contributed by atoms with van der Waals surface area (Å²) < 4.78 is 0. The number of anilines is 1. The molecule has 6 rings (SSSR count). The number of rotatable bonds is 4. The zero-order valence-electron chi connectivity index (χ0n) is 18.8. The normalized spacial score (nSPS) is 12.1. The van der Waals surface area contributed by atoms with Crippen LogP contribution in [0.2, 0.25) is 0 Å². The van der Waals surface area contributed by atoms with Crippen molar-refractivity contribution < 1.29 is 0 Å². The summed E-state index contributed by atoms with van der Waals surface area (Å²) >= 11 is 0. The van der Waals surface area contributed by atoms with Gasteiger partial charge in [-0.05, 0) is 52.6 Å². The lowest BCUT2D eigenvalue weighted by Crippen LogP contribution is -2.01.